The SMILES string of the molecule is COc1ccc(C(=O)Nc2cc(-c3cccs3)nn2-c2nc3c(c(=O)[nH]2)CCC3)cc1OC. The topological polar surface area (TPSA) is 111 Å². The molecule has 4 aromatic rings. The van der Waals surface area contributed by atoms with Gasteiger partial charge < -0.3 is 14.8 Å². The second-order valence-corrected chi connectivity index (χ2v) is 8.44. The monoisotopic (exact) mass is 463 g/mol. The van der Waals surface area contributed by atoms with Crippen LogP contribution >= 0.6 is 11.3 Å². The summed E-state index contributed by atoms with van der Waals surface area (Å²) in [5.74, 6) is 1.27. The normalized spacial score (nSPS) is 12.4. The van der Waals surface area contributed by atoms with Crippen molar-refractivity contribution >= 4 is 23.1 Å². The summed E-state index contributed by atoms with van der Waals surface area (Å²) in [5, 5.41) is 9.47. The van der Waals surface area contributed by atoms with Gasteiger partial charge in [-0.05, 0) is 48.9 Å². The number of aryl methyl sites for hydroxylation is 1. The van der Waals surface area contributed by atoms with Crippen LogP contribution in [0, 0.1) is 0 Å². The number of anilines is 1. The zero-order valence-electron chi connectivity index (χ0n) is 18.0. The van der Waals surface area contributed by atoms with Crippen LogP contribution < -0.4 is 20.3 Å². The molecule has 3 heterocycles. The van der Waals surface area contributed by atoms with Gasteiger partial charge in [0.25, 0.3) is 11.5 Å². The molecule has 0 saturated carbocycles. The molecule has 0 atom stereocenters. The van der Waals surface area contributed by atoms with E-state index in [4.69, 9.17) is 9.47 Å². The van der Waals surface area contributed by atoms with Gasteiger partial charge in [-0.25, -0.2) is 4.98 Å². The molecule has 5 rings (SSSR count). The van der Waals surface area contributed by atoms with Gasteiger partial charge in [0.15, 0.2) is 11.5 Å². The lowest BCUT2D eigenvalue weighted by Crippen LogP contribution is -2.21. The largest absolute Gasteiger partial charge is 0.493 e. The Morgan fingerprint density at radius 1 is 1.15 bits per heavy atom. The first-order chi connectivity index (χ1) is 16.1. The fraction of sp³-hybridized carbons (Fsp3) is 0.217. The molecule has 33 heavy (non-hydrogen) atoms. The fourth-order valence-electron chi connectivity index (χ4n) is 3.87. The predicted octanol–water partition coefficient (Wildman–Crippen LogP) is 3.44. The molecule has 0 spiro atoms. The molecule has 1 aliphatic rings. The first kappa shape index (κ1) is 21.0. The van der Waals surface area contributed by atoms with Crippen LogP contribution in [0.3, 0.4) is 0 Å². The van der Waals surface area contributed by atoms with Gasteiger partial charge in [0, 0.05) is 17.2 Å². The minimum atomic E-state index is -0.363. The van der Waals surface area contributed by atoms with E-state index in [1.165, 1.54) is 30.2 Å². The molecule has 3 aromatic heterocycles. The van der Waals surface area contributed by atoms with E-state index in [1.54, 1.807) is 24.3 Å². The Kier molecular flexibility index (Phi) is 5.43. The van der Waals surface area contributed by atoms with Crippen molar-refractivity contribution in [3.63, 3.8) is 0 Å². The van der Waals surface area contributed by atoms with Gasteiger partial charge in [-0.2, -0.15) is 9.78 Å². The zero-order chi connectivity index (χ0) is 22.9. The third kappa shape index (κ3) is 3.89. The number of fused-ring (bicyclic) bond motifs is 1. The summed E-state index contributed by atoms with van der Waals surface area (Å²) in [6, 6.07) is 10.5. The number of thiophene rings is 1. The summed E-state index contributed by atoms with van der Waals surface area (Å²) in [6.45, 7) is 0. The number of benzene rings is 1. The first-order valence-electron chi connectivity index (χ1n) is 10.4. The molecule has 9 nitrogen and oxygen atoms in total. The highest BCUT2D eigenvalue weighted by Gasteiger charge is 2.21. The molecular formula is C23H21N5O4S. The maximum absolute atomic E-state index is 13.1. The second-order valence-electron chi connectivity index (χ2n) is 7.50. The van der Waals surface area contributed by atoms with Crippen molar-refractivity contribution in [2.75, 3.05) is 19.5 Å². The van der Waals surface area contributed by atoms with E-state index in [-0.39, 0.29) is 17.4 Å². The number of methoxy groups -OCH3 is 2. The Balaban J connectivity index is 1.55. The molecule has 0 bridgehead atoms. The second kappa shape index (κ2) is 8.55. The highest BCUT2D eigenvalue weighted by Crippen LogP contribution is 2.30. The van der Waals surface area contributed by atoms with E-state index in [1.807, 2.05) is 17.5 Å². The highest BCUT2D eigenvalue weighted by atomic mass is 32.1. The van der Waals surface area contributed by atoms with Crippen LogP contribution in [0.25, 0.3) is 16.5 Å². The van der Waals surface area contributed by atoms with Crippen LogP contribution in [0.2, 0.25) is 0 Å². The lowest BCUT2D eigenvalue weighted by atomic mass is 10.2. The number of nitrogens with one attached hydrogen (secondary N) is 2. The third-order valence-corrected chi connectivity index (χ3v) is 6.39. The first-order valence-corrected chi connectivity index (χ1v) is 11.2. The van der Waals surface area contributed by atoms with Crippen LogP contribution in [-0.2, 0) is 12.8 Å². The minimum absolute atomic E-state index is 0.169. The number of amides is 1. The summed E-state index contributed by atoms with van der Waals surface area (Å²) >= 11 is 1.53. The van der Waals surface area contributed by atoms with Crippen LogP contribution in [0.1, 0.15) is 28.0 Å². The molecule has 0 saturated heterocycles. The molecule has 0 unspecified atom stereocenters. The molecule has 1 aromatic carbocycles. The van der Waals surface area contributed by atoms with E-state index in [0.717, 1.165) is 35.4 Å². The van der Waals surface area contributed by atoms with Crippen molar-refractivity contribution in [3.8, 4) is 28.0 Å². The van der Waals surface area contributed by atoms with E-state index in [2.05, 4.69) is 20.4 Å². The Labute approximate surface area is 193 Å². The van der Waals surface area contributed by atoms with Crippen LogP contribution in [0.15, 0.2) is 46.6 Å². The maximum atomic E-state index is 13.1. The molecule has 1 aliphatic carbocycles. The molecule has 0 fully saturated rings. The lowest BCUT2D eigenvalue weighted by Gasteiger charge is -2.11. The zero-order valence-corrected chi connectivity index (χ0v) is 18.9. The number of carbonyl (C=O) groups is 1. The number of aromatic nitrogens is 4. The Hall–Kier alpha value is -3.92. The molecular weight excluding hydrogens is 442 g/mol. The van der Waals surface area contributed by atoms with Crippen molar-refractivity contribution in [3.05, 3.63) is 69.0 Å². The van der Waals surface area contributed by atoms with Gasteiger partial charge in [-0.3, -0.25) is 14.6 Å². The summed E-state index contributed by atoms with van der Waals surface area (Å²) in [6.07, 6.45) is 2.37. The van der Waals surface area contributed by atoms with E-state index >= 15 is 0 Å². The molecule has 1 amide bonds. The molecule has 10 heteroatoms. The minimum Gasteiger partial charge on any atom is -0.493 e. The standard InChI is InChI=1S/C23H21N5O4S/c1-31-17-9-8-13(11-18(17)32-2)21(29)25-20-12-16(19-7-4-10-33-19)27-28(20)23-24-15-6-3-5-14(15)22(30)26-23/h4,7-12H,3,5-6H2,1-2H3,(H,25,29)(H,24,26,30). The van der Waals surface area contributed by atoms with Gasteiger partial charge in [0.2, 0.25) is 5.95 Å². The average Bonchev–Trinajstić information content (AvgIpc) is 3.58. The average molecular weight is 464 g/mol. The van der Waals surface area contributed by atoms with Gasteiger partial charge in [0.05, 0.1) is 24.8 Å². The molecule has 0 radical (unpaired) electrons. The Morgan fingerprint density at radius 2 is 2.00 bits per heavy atom. The van der Waals surface area contributed by atoms with Crippen LogP contribution in [0.4, 0.5) is 5.82 Å². The van der Waals surface area contributed by atoms with Crippen molar-refractivity contribution in [2.24, 2.45) is 0 Å². The molecule has 2 N–H and O–H groups in total. The fourth-order valence-corrected chi connectivity index (χ4v) is 4.55. The van der Waals surface area contributed by atoms with Crippen LogP contribution in [-0.4, -0.2) is 39.9 Å². The number of nitrogens with zero attached hydrogens (tertiary/aromatic N) is 3. The summed E-state index contributed by atoms with van der Waals surface area (Å²) in [7, 11) is 3.05. The predicted molar refractivity (Wildman–Crippen MR) is 125 cm³/mol. The molecule has 168 valence electrons. The van der Waals surface area contributed by atoms with Crippen molar-refractivity contribution in [2.45, 2.75) is 19.3 Å². The quantitative estimate of drug-likeness (QED) is 0.453. The maximum Gasteiger partial charge on any atom is 0.256 e. The highest BCUT2D eigenvalue weighted by molar-refractivity contribution is 7.13. The van der Waals surface area contributed by atoms with Gasteiger partial charge in [-0.15, -0.1) is 11.3 Å². The summed E-state index contributed by atoms with van der Waals surface area (Å²) in [5.41, 5.74) is 2.38. The van der Waals surface area contributed by atoms with Gasteiger partial charge in [-0.1, -0.05) is 6.07 Å². The Bertz CT molecular complexity index is 1390. The van der Waals surface area contributed by atoms with E-state index in [0.29, 0.717) is 28.6 Å². The van der Waals surface area contributed by atoms with E-state index < -0.39 is 0 Å². The van der Waals surface area contributed by atoms with Crippen LogP contribution in [0.5, 0.6) is 11.5 Å². The van der Waals surface area contributed by atoms with Crippen molar-refractivity contribution in [1.82, 2.24) is 19.7 Å². The third-order valence-electron chi connectivity index (χ3n) is 5.50. The van der Waals surface area contributed by atoms with Gasteiger partial charge in [0.1, 0.15) is 11.5 Å². The molecule has 0 aliphatic heterocycles. The number of rotatable bonds is 6. The smallest absolute Gasteiger partial charge is 0.256 e. The number of hydrogen-bond donors (Lipinski definition) is 2. The van der Waals surface area contributed by atoms with E-state index in [9.17, 15) is 9.59 Å². The number of aromatic amines is 1. The summed E-state index contributed by atoms with van der Waals surface area (Å²) in [4.78, 5) is 34.0. The number of carbonyl (C=O) groups excluding carboxylic acids is 1. The summed E-state index contributed by atoms with van der Waals surface area (Å²) < 4.78 is 12.0. The Morgan fingerprint density at radius 3 is 2.76 bits per heavy atom. The van der Waals surface area contributed by atoms with Crippen molar-refractivity contribution in [1.29, 1.82) is 0 Å². The van der Waals surface area contributed by atoms with Crippen molar-refractivity contribution < 1.29 is 14.3 Å². The van der Waals surface area contributed by atoms with Gasteiger partial charge >= 0.3 is 0 Å². The number of H-pyrrole nitrogens is 1. The lowest BCUT2D eigenvalue weighted by molar-refractivity contribution is 0.102. The number of ether oxygens (including phenoxy) is 2. The number of hydrogen-bond acceptors (Lipinski definition) is 7.